The standard InChI is InChI=1S/C15H22N2O2/c1-13(2)19-15(18)12-16-8-10-17(11-9-16)14-6-4-3-5-7-14/h3-7,13H,8-12H2,1-2H3. The molecule has 4 heteroatoms. The van der Waals surface area contributed by atoms with Crippen molar-refractivity contribution in [1.82, 2.24) is 4.90 Å². The Morgan fingerprint density at radius 1 is 1.16 bits per heavy atom. The van der Waals surface area contributed by atoms with Crippen molar-refractivity contribution >= 4 is 11.7 Å². The van der Waals surface area contributed by atoms with Crippen molar-refractivity contribution in [3.8, 4) is 0 Å². The van der Waals surface area contributed by atoms with E-state index in [4.69, 9.17) is 4.74 Å². The third-order valence-electron chi connectivity index (χ3n) is 3.21. The molecule has 104 valence electrons. The van der Waals surface area contributed by atoms with Gasteiger partial charge in [0.25, 0.3) is 0 Å². The molecule has 0 spiro atoms. The van der Waals surface area contributed by atoms with Crippen LogP contribution in [0.4, 0.5) is 5.69 Å². The van der Waals surface area contributed by atoms with E-state index in [0.29, 0.717) is 6.54 Å². The van der Waals surface area contributed by atoms with Gasteiger partial charge in [0.05, 0.1) is 12.6 Å². The molecule has 1 aromatic carbocycles. The Labute approximate surface area is 115 Å². The zero-order chi connectivity index (χ0) is 13.7. The van der Waals surface area contributed by atoms with E-state index in [1.165, 1.54) is 5.69 Å². The van der Waals surface area contributed by atoms with Crippen LogP contribution < -0.4 is 4.90 Å². The third-order valence-corrected chi connectivity index (χ3v) is 3.21. The summed E-state index contributed by atoms with van der Waals surface area (Å²) in [6, 6.07) is 10.4. The molecule has 1 aliphatic rings. The van der Waals surface area contributed by atoms with Gasteiger partial charge in [-0.05, 0) is 26.0 Å². The highest BCUT2D eigenvalue weighted by Gasteiger charge is 2.19. The normalized spacial score (nSPS) is 16.7. The van der Waals surface area contributed by atoms with E-state index in [0.717, 1.165) is 26.2 Å². The van der Waals surface area contributed by atoms with Crippen LogP contribution in [0.25, 0.3) is 0 Å². The predicted octanol–water partition coefficient (Wildman–Crippen LogP) is 1.76. The fourth-order valence-corrected chi connectivity index (χ4v) is 2.29. The zero-order valence-electron chi connectivity index (χ0n) is 11.7. The van der Waals surface area contributed by atoms with Gasteiger partial charge < -0.3 is 9.64 Å². The molecule has 1 saturated heterocycles. The molecule has 0 atom stereocenters. The van der Waals surface area contributed by atoms with E-state index in [9.17, 15) is 4.79 Å². The number of para-hydroxylation sites is 1. The number of anilines is 1. The number of piperazine rings is 1. The minimum atomic E-state index is -0.122. The molecule has 1 fully saturated rings. The molecule has 1 aromatic rings. The average molecular weight is 262 g/mol. The summed E-state index contributed by atoms with van der Waals surface area (Å²) in [5.41, 5.74) is 1.26. The van der Waals surface area contributed by atoms with Crippen LogP contribution in [0.2, 0.25) is 0 Å². The lowest BCUT2D eigenvalue weighted by Gasteiger charge is -2.35. The number of carbonyl (C=O) groups is 1. The van der Waals surface area contributed by atoms with Gasteiger partial charge in [-0.1, -0.05) is 18.2 Å². The maximum absolute atomic E-state index is 11.6. The number of rotatable bonds is 4. The number of esters is 1. The lowest BCUT2D eigenvalue weighted by atomic mass is 10.2. The summed E-state index contributed by atoms with van der Waals surface area (Å²) in [5.74, 6) is -0.122. The van der Waals surface area contributed by atoms with Crippen molar-refractivity contribution < 1.29 is 9.53 Å². The van der Waals surface area contributed by atoms with Gasteiger partial charge in [-0.25, -0.2) is 0 Å². The molecule has 2 rings (SSSR count). The Kier molecular flexibility index (Phi) is 4.80. The van der Waals surface area contributed by atoms with E-state index >= 15 is 0 Å². The second-order valence-corrected chi connectivity index (χ2v) is 5.14. The minimum Gasteiger partial charge on any atom is -0.462 e. The van der Waals surface area contributed by atoms with Crippen molar-refractivity contribution in [1.29, 1.82) is 0 Å². The molecular weight excluding hydrogens is 240 g/mol. The molecule has 19 heavy (non-hydrogen) atoms. The molecule has 4 nitrogen and oxygen atoms in total. The minimum absolute atomic E-state index is 0.0295. The molecular formula is C15H22N2O2. The summed E-state index contributed by atoms with van der Waals surface area (Å²) < 4.78 is 5.17. The Balaban J connectivity index is 1.78. The quantitative estimate of drug-likeness (QED) is 0.774. The Morgan fingerprint density at radius 3 is 2.37 bits per heavy atom. The molecule has 0 bridgehead atoms. The van der Waals surface area contributed by atoms with Crippen LogP contribution in [0.15, 0.2) is 30.3 Å². The molecule has 1 heterocycles. The number of benzene rings is 1. The number of hydrogen-bond donors (Lipinski definition) is 0. The summed E-state index contributed by atoms with van der Waals surface area (Å²) in [5, 5.41) is 0. The van der Waals surface area contributed by atoms with Gasteiger partial charge in [0.15, 0.2) is 0 Å². The molecule has 0 N–H and O–H groups in total. The highest BCUT2D eigenvalue weighted by atomic mass is 16.5. The number of ether oxygens (including phenoxy) is 1. The fourth-order valence-electron chi connectivity index (χ4n) is 2.29. The first-order valence-corrected chi connectivity index (χ1v) is 6.87. The largest absolute Gasteiger partial charge is 0.462 e. The van der Waals surface area contributed by atoms with Gasteiger partial charge in [0, 0.05) is 31.9 Å². The van der Waals surface area contributed by atoms with Crippen LogP contribution >= 0.6 is 0 Å². The van der Waals surface area contributed by atoms with E-state index in [-0.39, 0.29) is 12.1 Å². The van der Waals surface area contributed by atoms with E-state index in [1.807, 2.05) is 19.9 Å². The second kappa shape index (κ2) is 6.57. The highest BCUT2D eigenvalue weighted by Crippen LogP contribution is 2.15. The Morgan fingerprint density at radius 2 is 1.79 bits per heavy atom. The summed E-state index contributed by atoms with van der Waals surface area (Å²) >= 11 is 0. The number of nitrogens with zero attached hydrogens (tertiary/aromatic N) is 2. The van der Waals surface area contributed by atoms with Crippen molar-refractivity contribution in [2.75, 3.05) is 37.6 Å². The monoisotopic (exact) mass is 262 g/mol. The van der Waals surface area contributed by atoms with Crippen LogP contribution in [-0.2, 0) is 9.53 Å². The van der Waals surface area contributed by atoms with E-state index < -0.39 is 0 Å². The van der Waals surface area contributed by atoms with Gasteiger partial charge >= 0.3 is 5.97 Å². The van der Waals surface area contributed by atoms with Crippen molar-refractivity contribution in [2.24, 2.45) is 0 Å². The molecule has 0 radical (unpaired) electrons. The van der Waals surface area contributed by atoms with Gasteiger partial charge in [-0.3, -0.25) is 9.69 Å². The van der Waals surface area contributed by atoms with Crippen LogP contribution in [0, 0.1) is 0 Å². The maximum Gasteiger partial charge on any atom is 0.320 e. The summed E-state index contributed by atoms with van der Waals surface area (Å²) in [6.45, 7) is 7.89. The van der Waals surface area contributed by atoms with Crippen molar-refractivity contribution in [3.05, 3.63) is 30.3 Å². The summed E-state index contributed by atoms with van der Waals surface area (Å²) in [6.07, 6.45) is -0.0295. The SMILES string of the molecule is CC(C)OC(=O)CN1CCN(c2ccccc2)CC1. The van der Waals surface area contributed by atoms with Crippen LogP contribution in [0.1, 0.15) is 13.8 Å². The topological polar surface area (TPSA) is 32.8 Å². The summed E-state index contributed by atoms with van der Waals surface area (Å²) in [7, 11) is 0. The Hall–Kier alpha value is -1.55. The van der Waals surface area contributed by atoms with Gasteiger partial charge in [0.2, 0.25) is 0 Å². The molecule has 0 unspecified atom stereocenters. The molecule has 0 saturated carbocycles. The molecule has 0 amide bonds. The van der Waals surface area contributed by atoms with Crippen LogP contribution in [0.5, 0.6) is 0 Å². The summed E-state index contributed by atoms with van der Waals surface area (Å²) in [4.78, 5) is 16.1. The van der Waals surface area contributed by atoms with Crippen LogP contribution in [0.3, 0.4) is 0 Å². The Bertz CT molecular complexity index is 398. The lowest BCUT2D eigenvalue weighted by Crippen LogP contribution is -2.48. The molecule has 0 aliphatic carbocycles. The van der Waals surface area contributed by atoms with Gasteiger partial charge in [-0.2, -0.15) is 0 Å². The van der Waals surface area contributed by atoms with Crippen molar-refractivity contribution in [2.45, 2.75) is 20.0 Å². The number of carbonyl (C=O) groups excluding carboxylic acids is 1. The molecule has 1 aliphatic heterocycles. The van der Waals surface area contributed by atoms with E-state index in [2.05, 4.69) is 34.1 Å². The number of hydrogen-bond acceptors (Lipinski definition) is 4. The smallest absolute Gasteiger partial charge is 0.320 e. The van der Waals surface area contributed by atoms with E-state index in [1.54, 1.807) is 0 Å². The first-order valence-electron chi connectivity index (χ1n) is 6.87. The second-order valence-electron chi connectivity index (χ2n) is 5.14. The first-order chi connectivity index (χ1) is 9.15. The average Bonchev–Trinajstić information content (AvgIpc) is 2.39. The predicted molar refractivity (Wildman–Crippen MR) is 76.3 cm³/mol. The zero-order valence-corrected chi connectivity index (χ0v) is 11.7. The fraction of sp³-hybridized carbons (Fsp3) is 0.533. The first kappa shape index (κ1) is 13.9. The third kappa shape index (κ3) is 4.24. The highest BCUT2D eigenvalue weighted by molar-refractivity contribution is 5.71. The lowest BCUT2D eigenvalue weighted by molar-refractivity contribution is -0.148. The van der Waals surface area contributed by atoms with Crippen molar-refractivity contribution in [3.63, 3.8) is 0 Å². The van der Waals surface area contributed by atoms with Crippen LogP contribution in [-0.4, -0.2) is 49.7 Å². The van der Waals surface area contributed by atoms with Gasteiger partial charge in [-0.15, -0.1) is 0 Å². The maximum atomic E-state index is 11.6. The molecule has 0 aromatic heterocycles. The van der Waals surface area contributed by atoms with Gasteiger partial charge in [0.1, 0.15) is 0 Å².